The largest absolute Gasteiger partial charge is 0.504 e. The topological polar surface area (TPSA) is 88.8 Å². The smallest absolute Gasteiger partial charge is 0.412 e. The van der Waals surface area contributed by atoms with Crippen LogP contribution in [0, 0.1) is 0 Å². The number of hydrogen-bond acceptors (Lipinski definition) is 5. The molecule has 6 nitrogen and oxygen atoms in total. The number of carbonyl (C=O) groups excluding carboxylic acids is 1. The summed E-state index contributed by atoms with van der Waals surface area (Å²) in [5.41, 5.74) is 0.423. The molecule has 1 aromatic heterocycles. The number of carbonyl (C=O) groups is 1. The van der Waals surface area contributed by atoms with Crippen LogP contribution in [0.2, 0.25) is 0 Å². The minimum Gasteiger partial charge on any atom is -0.504 e. The van der Waals surface area contributed by atoms with Gasteiger partial charge in [0.2, 0.25) is 5.75 Å². The lowest BCUT2D eigenvalue weighted by Gasteiger charge is -2.10. The molecule has 0 atom stereocenters. The van der Waals surface area contributed by atoms with E-state index in [-0.39, 0.29) is 27.9 Å². The summed E-state index contributed by atoms with van der Waals surface area (Å²) in [6.45, 7) is 2.10. The normalized spacial score (nSPS) is 10.5. The third kappa shape index (κ3) is 2.94. The fourth-order valence-corrected chi connectivity index (χ4v) is 2.30. The van der Waals surface area contributed by atoms with Crippen LogP contribution in [-0.4, -0.2) is 17.7 Å². The zero-order valence-electron chi connectivity index (χ0n) is 12.9. The van der Waals surface area contributed by atoms with Gasteiger partial charge in [0.05, 0.1) is 5.39 Å². The van der Waals surface area contributed by atoms with E-state index >= 15 is 0 Å². The summed E-state index contributed by atoms with van der Waals surface area (Å²) in [6.07, 6.45) is -0.743. The molecule has 0 saturated carbocycles. The molecule has 0 aliphatic rings. The highest BCUT2D eigenvalue weighted by Gasteiger charge is 2.18. The lowest BCUT2D eigenvalue weighted by molar-refractivity contribution is 0.199. The molecule has 6 heteroatoms. The molecular weight excluding hydrogens is 310 g/mol. The first-order valence-corrected chi connectivity index (χ1v) is 7.41. The van der Waals surface area contributed by atoms with E-state index in [1.54, 1.807) is 19.1 Å². The second-order valence-electron chi connectivity index (χ2n) is 5.05. The fourth-order valence-electron chi connectivity index (χ4n) is 2.30. The van der Waals surface area contributed by atoms with Crippen molar-refractivity contribution in [3.63, 3.8) is 0 Å². The number of rotatable bonds is 3. The first-order chi connectivity index (χ1) is 11.6. The maximum atomic E-state index is 12.4. The van der Waals surface area contributed by atoms with Crippen LogP contribution in [0.15, 0.2) is 57.7 Å². The van der Waals surface area contributed by atoms with Gasteiger partial charge in [-0.05, 0) is 19.1 Å². The molecule has 0 aliphatic heterocycles. The summed E-state index contributed by atoms with van der Waals surface area (Å²) in [6, 6.07) is 13.1. The molecule has 3 aromatic rings. The second kappa shape index (κ2) is 6.45. The van der Waals surface area contributed by atoms with Gasteiger partial charge in [-0.25, -0.2) is 4.79 Å². The minimum absolute atomic E-state index is 0.0209. The van der Waals surface area contributed by atoms with E-state index in [0.717, 1.165) is 0 Å². The van der Waals surface area contributed by atoms with Crippen molar-refractivity contribution in [3.8, 4) is 22.8 Å². The number of fused-ring (bicyclic) bond motifs is 1. The molecular formula is C18H15NO5. The molecule has 1 amide bonds. The van der Waals surface area contributed by atoms with E-state index in [1.807, 2.05) is 18.2 Å². The molecule has 0 unspecified atom stereocenters. The molecule has 24 heavy (non-hydrogen) atoms. The Bertz CT molecular complexity index is 947. The van der Waals surface area contributed by atoms with E-state index in [1.165, 1.54) is 18.2 Å². The first kappa shape index (κ1) is 15.6. The Balaban J connectivity index is 2.20. The summed E-state index contributed by atoms with van der Waals surface area (Å²) >= 11 is 0. The Hall–Kier alpha value is -3.28. The second-order valence-corrected chi connectivity index (χ2v) is 5.05. The Morgan fingerprint density at radius 2 is 1.96 bits per heavy atom. The summed E-state index contributed by atoms with van der Waals surface area (Å²) < 4.78 is 10.9. The zero-order valence-corrected chi connectivity index (χ0v) is 12.9. The Kier molecular flexibility index (Phi) is 4.20. The lowest BCUT2D eigenvalue weighted by atomic mass is 10.1. The van der Waals surface area contributed by atoms with E-state index in [2.05, 4.69) is 5.32 Å². The van der Waals surface area contributed by atoms with Crippen LogP contribution in [0.1, 0.15) is 6.92 Å². The molecule has 0 saturated heterocycles. The van der Waals surface area contributed by atoms with Gasteiger partial charge in [-0.3, -0.25) is 4.79 Å². The third-order valence-electron chi connectivity index (χ3n) is 3.41. The molecule has 0 spiro atoms. The van der Waals surface area contributed by atoms with Gasteiger partial charge < -0.3 is 19.6 Å². The van der Waals surface area contributed by atoms with Crippen molar-refractivity contribution in [3.05, 3.63) is 58.8 Å². The van der Waals surface area contributed by atoms with Crippen molar-refractivity contribution in [2.75, 3.05) is 6.54 Å². The van der Waals surface area contributed by atoms with Crippen molar-refractivity contribution < 1.29 is 19.1 Å². The number of phenolic OH excluding ortho intramolecular Hbond substituents is 1. The summed E-state index contributed by atoms with van der Waals surface area (Å²) in [4.78, 5) is 24.0. The average Bonchev–Trinajstić information content (AvgIpc) is 2.58. The van der Waals surface area contributed by atoms with E-state index in [0.29, 0.717) is 17.9 Å². The molecule has 0 bridgehead atoms. The number of amides is 1. The Morgan fingerprint density at radius 3 is 2.67 bits per heavy atom. The first-order valence-electron chi connectivity index (χ1n) is 7.41. The highest BCUT2D eigenvalue weighted by Crippen LogP contribution is 2.35. The predicted octanol–water partition coefficient (Wildman–Crippen LogP) is 3.27. The van der Waals surface area contributed by atoms with Gasteiger partial charge in [-0.15, -0.1) is 0 Å². The van der Waals surface area contributed by atoms with Crippen LogP contribution in [0.3, 0.4) is 0 Å². The quantitative estimate of drug-likeness (QED) is 0.771. The molecule has 2 N–H and O–H groups in total. The van der Waals surface area contributed by atoms with Crippen molar-refractivity contribution in [1.82, 2.24) is 5.32 Å². The van der Waals surface area contributed by atoms with Gasteiger partial charge in [-0.1, -0.05) is 30.3 Å². The van der Waals surface area contributed by atoms with Gasteiger partial charge in [0.25, 0.3) is 0 Å². The van der Waals surface area contributed by atoms with E-state index in [9.17, 15) is 14.7 Å². The summed E-state index contributed by atoms with van der Waals surface area (Å²) in [5, 5.41) is 12.7. The highest BCUT2D eigenvalue weighted by molar-refractivity contribution is 5.88. The van der Waals surface area contributed by atoms with Crippen LogP contribution in [0.5, 0.6) is 11.5 Å². The van der Waals surface area contributed by atoms with Crippen LogP contribution >= 0.6 is 0 Å². The molecule has 122 valence electrons. The minimum atomic E-state index is -0.743. The van der Waals surface area contributed by atoms with Crippen molar-refractivity contribution in [2.45, 2.75) is 6.92 Å². The van der Waals surface area contributed by atoms with Gasteiger partial charge in [-0.2, -0.15) is 0 Å². The van der Waals surface area contributed by atoms with E-state index < -0.39 is 6.09 Å². The fraction of sp³-hybridized carbons (Fsp3) is 0.111. The van der Waals surface area contributed by atoms with Crippen LogP contribution in [0.25, 0.3) is 22.3 Å². The van der Waals surface area contributed by atoms with Gasteiger partial charge >= 0.3 is 6.09 Å². The molecule has 0 aliphatic carbocycles. The van der Waals surface area contributed by atoms with Crippen molar-refractivity contribution in [1.29, 1.82) is 0 Å². The molecule has 0 radical (unpaired) electrons. The Morgan fingerprint density at radius 1 is 1.21 bits per heavy atom. The number of benzene rings is 2. The maximum absolute atomic E-state index is 12.4. The number of aromatic hydroxyl groups is 1. The highest BCUT2D eigenvalue weighted by atomic mass is 16.6. The zero-order chi connectivity index (χ0) is 17.1. The molecule has 1 heterocycles. The van der Waals surface area contributed by atoms with Crippen molar-refractivity contribution >= 4 is 17.1 Å². The monoisotopic (exact) mass is 325 g/mol. The van der Waals surface area contributed by atoms with Crippen LogP contribution in [-0.2, 0) is 0 Å². The standard InChI is InChI=1S/C18H15NO5/c1-2-19-18(22)24-17-13(20)9-8-12-14(21)10-15(23-16(12)17)11-6-4-3-5-7-11/h3-10,20H,2H2,1H3,(H,19,22). The van der Waals surface area contributed by atoms with Gasteiger partial charge in [0, 0.05) is 18.2 Å². The summed E-state index contributed by atoms with van der Waals surface area (Å²) in [7, 11) is 0. The number of phenols is 1. The van der Waals surface area contributed by atoms with Gasteiger partial charge in [0.1, 0.15) is 5.76 Å². The van der Waals surface area contributed by atoms with Crippen molar-refractivity contribution in [2.24, 2.45) is 0 Å². The predicted molar refractivity (Wildman–Crippen MR) is 89.3 cm³/mol. The summed E-state index contributed by atoms with van der Waals surface area (Å²) in [5.74, 6) is -0.158. The molecule has 0 fully saturated rings. The van der Waals surface area contributed by atoms with E-state index in [4.69, 9.17) is 9.15 Å². The number of ether oxygens (including phenoxy) is 1. The molecule has 3 rings (SSSR count). The number of nitrogens with one attached hydrogen (secondary N) is 1. The number of hydrogen-bond donors (Lipinski definition) is 2. The Labute approximate surface area is 137 Å². The molecule has 2 aromatic carbocycles. The maximum Gasteiger partial charge on any atom is 0.412 e. The van der Waals surface area contributed by atoms with Crippen LogP contribution in [0.4, 0.5) is 4.79 Å². The lowest BCUT2D eigenvalue weighted by Crippen LogP contribution is -2.26. The van der Waals surface area contributed by atoms with Gasteiger partial charge in [0.15, 0.2) is 16.8 Å². The average molecular weight is 325 g/mol. The third-order valence-corrected chi connectivity index (χ3v) is 3.41. The SMILES string of the molecule is CCNC(=O)Oc1c(O)ccc2c(=O)cc(-c3ccccc3)oc12. The van der Waals surface area contributed by atoms with Crippen LogP contribution < -0.4 is 15.5 Å².